The molecule has 2 aromatic rings. The third-order valence-electron chi connectivity index (χ3n) is 3.76. The summed E-state index contributed by atoms with van der Waals surface area (Å²) in [6.07, 6.45) is -0.000369. The fourth-order valence-corrected chi connectivity index (χ4v) is 3.31. The zero-order valence-corrected chi connectivity index (χ0v) is 15.5. The number of aromatic nitrogens is 1. The molecule has 1 atom stereocenters. The normalized spacial score (nSPS) is 12.0. The Labute approximate surface area is 147 Å². The molecule has 6 heteroatoms. The lowest BCUT2D eigenvalue weighted by atomic mass is 10.1. The van der Waals surface area contributed by atoms with Crippen LogP contribution < -0.4 is 10.2 Å². The van der Waals surface area contributed by atoms with E-state index >= 15 is 0 Å². The van der Waals surface area contributed by atoms with Crippen LogP contribution in [-0.2, 0) is 16.1 Å². The summed E-state index contributed by atoms with van der Waals surface area (Å²) in [5.74, 6) is -0.0172. The SMILES string of the molecule is CCO[C@@H](C)c1nc(CN(CC(=O)NC)c2ccccc2C)cs1. The molecule has 2 rings (SSSR count). The Bertz CT molecular complexity index is 672. The Morgan fingerprint density at radius 2 is 2.17 bits per heavy atom. The predicted molar refractivity (Wildman–Crippen MR) is 98.5 cm³/mol. The minimum absolute atomic E-state index is 0.000369. The van der Waals surface area contributed by atoms with E-state index in [9.17, 15) is 4.79 Å². The molecule has 0 unspecified atom stereocenters. The Morgan fingerprint density at radius 3 is 2.83 bits per heavy atom. The maximum absolute atomic E-state index is 11.9. The zero-order valence-electron chi connectivity index (χ0n) is 14.7. The molecule has 0 aliphatic heterocycles. The van der Waals surface area contributed by atoms with E-state index in [0.717, 1.165) is 22.0 Å². The fraction of sp³-hybridized carbons (Fsp3) is 0.444. The Morgan fingerprint density at radius 1 is 1.42 bits per heavy atom. The van der Waals surface area contributed by atoms with E-state index in [2.05, 4.69) is 28.2 Å². The smallest absolute Gasteiger partial charge is 0.239 e. The number of rotatable bonds is 8. The van der Waals surface area contributed by atoms with Gasteiger partial charge in [0.2, 0.25) is 5.91 Å². The summed E-state index contributed by atoms with van der Waals surface area (Å²) in [5, 5.41) is 5.70. The molecule has 0 bridgehead atoms. The van der Waals surface area contributed by atoms with Gasteiger partial charge in [0, 0.05) is 24.7 Å². The average Bonchev–Trinajstić information content (AvgIpc) is 3.03. The fourth-order valence-electron chi connectivity index (χ4n) is 2.50. The first-order valence-electron chi connectivity index (χ1n) is 8.12. The molecule has 0 aliphatic rings. The van der Waals surface area contributed by atoms with Crippen LogP contribution in [0.4, 0.5) is 5.69 Å². The highest BCUT2D eigenvalue weighted by atomic mass is 32.1. The van der Waals surface area contributed by atoms with Gasteiger partial charge in [-0.2, -0.15) is 0 Å². The number of amides is 1. The number of ether oxygens (including phenoxy) is 1. The number of benzene rings is 1. The number of aryl methyl sites for hydroxylation is 1. The molecule has 1 aromatic carbocycles. The maximum atomic E-state index is 11.9. The van der Waals surface area contributed by atoms with Crippen LogP contribution in [0, 0.1) is 6.92 Å². The highest BCUT2D eigenvalue weighted by Crippen LogP contribution is 2.25. The van der Waals surface area contributed by atoms with Crippen molar-refractivity contribution in [1.82, 2.24) is 10.3 Å². The van der Waals surface area contributed by atoms with Gasteiger partial charge < -0.3 is 15.0 Å². The molecular formula is C18H25N3O2S. The Balaban J connectivity index is 2.19. The third kappa shape index (κ3) is 4.79. The minimum atomic E-state index is -0.0172. The summed E-state index contributed by atoms with van der Waals surface area (Å²) in [6, 6.07) is 8.08. The molecule has 0 saturated heterocycles. The van der Waals surface area contributed by atoms with E-state index in [1.54, 1.807) is 18.4 Å². The number of nitrogens with one attached hydrogen (secondary N) is 1. The van der Waals surface area contributed by atoms with Gasteiger partial charge in [0.15, 0.2) is 0 Å². The van der Waals surface area contributed by atoms with Gasteiger partial charge in [-0.3, -0.25) is 4.79 Å². The quantitative estimate of drug-likeness (QED) is 0.796. The average molecular weight is 347 g/mol. The van der Waals surface area contributed by atoms with Crippen LogP contribution in [-0.4, -0.2) is 31.1 Å². The number of thiazole rings is 1. The van der Waals surface area contributed by atoms with Crippen LogP contribution in [0.3, 0.4) is 0 Å². The molecule has 0 fully saturated rings. The van der Waals surface area contributed by atoms with E-state index < -0.39 is 0 Å². The second kappa shape index (κ2) is 8.80. The van der Waals surface area contributed by atoms with Gasteiger partial charge in [-0.25, -0.2) is 4.98 Å². The number of para-hydroxylation sites is 1. The zero-order chi connectivity index (χ0) is 17.5. The van der Waals surface area contributed by atoms with Crippen LogP contribution in [0.25, 0.3) is 0 Å². The van der Waals surface area contributed by atoms with Crippen LogP contribution in [0.1, 0.15) is 36.2 Å². The lowest BCUT2D eigenvalue weighted by molar-refractivity contribution is -0.119. The van der Waals surface area contributed by atoms with Crippen molar-refractivity contribution >= 4 is 22.9 Å². The minimum Gasteiger partial charge on any atom is -0.372 e. The molecule has 1 amide bonds. The van der Waals surface area contributed by atoms with Crippen molar-refractivity contribution in [3.05, 3.63) is 45.9 Å². The van der Waals surface area contributed by atoms with Crippen LogP contribution in [0.2, 0.25) is 0 Å². The van der Waals surface area contributed by atoms with Gasteiger partial charge in [-0.15, -0.1) is 11.3 Å². The molecule has 0 saturated carbocycles. The number of carbonyl (C=O) groups is 1. The number of nitrogens with zero attached hydrogens (tertiary/aromatic N) is 2. The molecule has 0 radical (unpaired) electrons. The molecule has 0 aliphatic carbocycles. The molecule has 5 nitrogen and oxygen atoms in total. The summed E-state index contributed by atoms with van der Waals surface area (Å²) < 4.78 is 5.60. The number of likely N-dealkylation sites (N-methyl/N-ethyl adjacent to an activating group) is 1. The van der Waals surface area contributed by atoms with Gasteiger partial charge in [-0.1, -0.05) is 18.2 Å². The van der Waals surface area contributed by atoms with Gasteiger partial charge in [-0.05, 0) is 32.4 Å². The van der Waals surface area contributed by atoms with Crippen molar-refractivity contribution in [2.24, 2.45) is 0 Å². The Hall–Kier alpha value is -1.92. The molecule has 1 N–H and O–H groups in total. The van der Waals surface area contributed by atoms with Crippen LogP contribution in [0.15, 0.2) is 29.6 Å². The molecule has 1 aromatic heterocycles. The van der Waals surface area contributed by atoms with Gasteiger partial charge in [0.25, 0.3) is 0 Å². The van der Waals surface area contributed by atoms with E-state index in [-0.39, 0.29) is 12.0 Å². The van der Waals surface area contributed by atoms with E-state index in [0.29, 0.717) is 19.7 Å². The molecule has 0 spiro atoms. The lowest BCUT2D eigenvalue weighted by Crippen LogP contribution is -2.35. The monoisotopic (exact) mass is 347 g/mol. The Kier molecular flexibility index (Phi) is 6.75. The van der Waals surface area contributed by atoms with Crippen LogP contribution in [0.5, 0.6) is 0 Å². The number of hydrogen-bond acceptors (Lipinski definition) is 5. The van der Waals surface area contributed by atoms with E-state index in [4.69, 9.17) is 4.74 Å². The summed E-state index contributed by atoms with van der Waals surface area (Å²) in [6.45, 7) is 7.60. The summed E-state index contributed by atoms with van der Waals surface area (Å²) in [5.41, 5.74) is 3.14. The topological polar surface area (TPSA) is 54.5 Å². The van der Waals surface area contributed by atoms with E-state index in [1.165, 1.54) is 0 Å². The third-order valence-corrected chi connectivity index (χ3v) is 4.81. The predicted octanol–water partition coefficient (Wildman–Crippen LogP) is 3.30. The lowest BCUT2D eigenvalue weighted by Gasteiger charge is -2.25. The standard InChI is InChI=1S/C18H25N3O2S/c1-5-23-14(3)18-20-15(12-24-18)10-21(11-17(22)19-4)16-9-7-6-8-13(16)2/h6-9,12,14H,5,10-11H2,1-4H3,(H,19,22)/t14-/m0/s1. The first-order valence-corrected chi connectivity index (χ1v) is 9.00. The molecular weight excluding hydrogens is 322 g/mol. The summed E-state index contributed by atoms with van der Waals surface area (Å²) in [7, 11) is 1.66. The first kappa shape index (κ1) is 18.4. The van der Waals surface area contributed by atoms with Crippen molar-refractivity contribution < 1.29 is 9.53 Å². The van der Waals surface area contributed by atoms with Crippen molar-refractivity contribution in [2.75, 3.05) is 25.1 Å². The number of anilines is 1. The summed E-state index contributed by atoms with van der Waals surface area (Å²) in [4.78, 5) is 18.6. The number of carbonyl (C=O) groups excluding carboxylic acids is 1. The number of hydrogen-bond donors (Lipinski definition) is 1. The summed E-state index contributed by atoms with van der Waals surface area (Å²) >= 11 is 1.60. The first-order chi connectivity index (χ1) is 11.5. The van der Waals surface area contributed by atoms with Gasteiger partial charge in [0.1, 0.15) is 11.1 Å². The molecule has 130 valence electrons. The van der Waals surface area contributed by atoms with E-state index in [1.807, 2.05) is 37.4 Å². The van der Waals surface area contributed by atoms with Crippen LogP contribution >= 0.6 is 11.3 Å². The van der Waals surface area contributed by atoms with Gasteiger partial charge >= 0.3 is 0 Å². The van der Waals surface area contributed by atoms with Crippen molar-refractivity contribution in [1.29, 1.82) is 0 Å². The molecule has 24 heavy (non-hydrogen) atoms. The van der Waals surface area contributed by atoms with Crippen molar-refractivity contribution in [3.63, 3.8) is 0 Å². The largest absolute Gasteiger partial charge is 0.372 e. The van der Waals surface area contributed by atoms with Crippen molar-refractivity contribution in [3.8, 4) is 0 Å². The highest BCUT2D eigenvalue weighted by molar-refractivity contribution is 7.09. The maximum Gasteiger partial charge on any atom is 0.239 e. The second-order valence-corrected chi connectivity index (χ2v) is 6.48. The van der Waals surface area contributed by atoms with Crippen molar-refractivity contribution in [2.45, 2.75) is 33.4 Å². The molecule has 1 heterocycles. The highest BCUT2D eigenvalue weighted by Gasteiger charge is 2.16. The second-order valence-electron chi connectivity index (χ2n) is 5.59. The van der Waals surface area contributed by atoms with Gasteiger partial charge in [0.05, 0.1) is 18.8 Å².